The van der Waals surface area contributed by atoms with Crippen molar-refractivity contribution < 1.29 is 19.4 Å². The van der Waals surface area contributed by atoms with E-state index in [4.69, 9.17) is 9.84 Å². The highest BCUT2D eigenvalue weighted by atomic mass is 32.1. The van der Waals surface area contributed by atoms with E-state index in [9.17, 15) is 9.59 Å². The fourth-order valence-electron chi connectivity index (χ4n) is 4.19. The number of benzene rings is 3. The number of fused-ring (bicyclic) bond motifs is 1. The molecule has 4 aromatic rings. The third-order valence-corrected chi connectivity index (χ3v) is 7.47. The SMILES string of the molecule is CCc1ccc(C(=O)c2sc3ccccc3c2CCCc2cccc(CO[C@@H](C)C(=O)O)c2)cc1. The van der Waals surface area contributed by atoms with Crippen LogP contribution < -0.4 is 0 Å². The fourth-order valence-corrected chi connectivity index (χ4v) is 5.40. The molecular weight excluding hydrogens is 456 g/mol. The van der Waals surface area contributed by atoms with Gasteiger partial charge in [0.15, 0.2) is 6.10 Å². The normalized spacial score (nSPS) is 12.1. The van der Waals surface area contributed by atoms with E-state index >= 15 is 0 Å². The van der Waals surface area contributed by atoms with Crippen molar-refractivity contribution in [3.63, 3.8) is 0 Å². The molecule has 0 radical (unpaired) electrons. The molecule has 4 rings (SSSR count). The number of hydrogen-bond acceptors (Lipinski definition) is 4. The van der Waals surface area contributed by atoms with Crippen LogP contribution in [0.5, 0.6) is 0 Å². The van der Waals surface area contributed by atoms with Crippen molar-refractivity contribution in [1.29, 1.82) is 0 Å². The number of carboxylic acid groups (broad SMARTS) is 1. The van der Waals surface area contributed by atoms with Gasteiger partial charge in [0.2, 0.25) is 5.78 Å². The van der Waals surface area contributed by atoms with Gasteiger partial charge in [-0.15, -0.1) is 11.3 Å². The topological polar surface area (TPSA) is 63.6 Å². The van der Waals surface area contributed by atoms with E-state index in [0.717, 1.165) is 57.3 Å². The summed E-state index contributed by atoms with van der Waals surface area (Å²) in [6, 6.07) is 24.3. The van der Waals surface area contributed by atoms with E-state index in [0.29, 0.717) is 0 Å². The highest BCUT2D eigenvalue weighted by molar-refractivity contribution is 7.21. The van der Waals surface area contributed by atoms with Gasteiger partial charge in [-0.25, -0.2) is 4.79 Å². The van der Waals surface area contributed by atoms with Gasteiger partial charge >= 0.3 is 5.97 Å². The lowest BCUT2D eigenvalue weighted by atomic mass is 9.97. The zero-order valence-electron chi connectivity index (χ0n) is 20.1. The van der Waals surface area contributed by atoms with Crippen LogP contribution in [0.2, 0.25) is 0 Å². The first-order valence-electron chi connectivity index (χ1n) is 12.0. The van der Waals surface area contributed by atoms with Gasteiger partial charge in [-0.1, -0.05) is 73.7 Å². The van der Waals surface area contributed by atoms with E-state index in [1.165, 1.54) is 18.1 Å². The van der Waals surface area contributed by atoms with Crippen LogP contribution in [-0.4, -0.2) is 23.0 Å². The fraction of sp³-hybridized carbons (Fsp3) is 0.267. The van der Waals surface area contributed by atoms with Crippen molar-refractivity contribution in [3.05, 3.63) is 105 Å². The van der Waals surface area contributed by atoms with E-state index in [1.54, 1.807) is 11.3 Å². The molecular formula is C30H30O4S. The highest BCUT2D eigenvalue weighted by Gasteiger charge is 2.19. The van der Waals surface area contributed by atoms with Crippen LogP contribution in [0, 0.1) is 0 Å². The zero-order valence-corrected chi connectivity index (χ0v) is 20.9. The molecule has 0 aliphatic heterocycles. The molecule has 0 fully saturated rings. The zero-order chi connectivity index (χ0) is 24.8. The first-order valence-corrected chi connectivity index (χ1v) is 12.8. The van der Waals surface area contributed by atoms with Gasteiger partial charge in [-0.2, -0.15) is 0 Å². The molecule has 4 nitrogen and oxygen atoms in total. The number of carbonyl (C=O) groups is 2. The number of carboxylic acids is 1. The number of aryl methyl sites for hydroxylation is 3. The van der Waals surface area contributed by atoms with Crippen molar-refractivity contribution in [2.45, 2.75) is 52.2 Å². The summed E-state index contributed by atoms with van der Waals surface area (Å²) in [5.41, 5.74) is 5.23. The third-order valence-electron chi connectivity index (χ3n) is 6.26. The van der Waals surface area contributed by atoms with Crippen molar-refractivity contribution in [3.8, 4) is 0 Å². The van der Waals surface area contributed by atoms with Crippen LogP contribution in [-0.2, 0) is 35.4 Å². The average molecular weight is 487 g/mol. The lowest BCUT2D eigenvalue weighted by Gasteiger charge is -2.10. The summed E-state index contributed by atoms with van der Waals surface area (Å²) in [4.78, 5) is 25.3. The maximum absolute atomic E-state index is 13.4. The minimum atomic E-state index is -0.962. The molecule has 35 heavy (non-hydrogen) atoms. The van der Waals surface area contributed by atoms with E-state index in [-0.39, 0.29) is 12.4 Å². The Morgan fingerprint density at radius 1 is 0.914 bits per heavy atom. The number of ether oxygens (including phenoxy) is 1. The molecule has 1 aromatic heterocycles. The van der Waals surface area contributed by atoms with Gasteiger partial charge < -0.3 is 9.84 Å². The maximum atomic E-state index is 13.4. The molecule has 1 N–H and O–H groups in total. The summed E-state index contributed by atoms with van der Waals surface area (Å²) in [6.07, 6.45) is 2.71. The van der Waals surface area contributed by atoms with Crippen LogP contribution in [0.1, 0.15) is 57.8 Å². The molecule has 0 aliphatic rings. The molecule has 0 aliphatic carbocycles. The molecule has 0 unspecified atom stereocenters. The van der Waals surface area contributed by atoms with E-state index in [1.807, 2.05) is 48.5 Å². The van der Waals surface area contributed by atoms with Crippen LogP contribution >= 0.6 is 11.3 Å². The van der Waals surface area contributed by atoms with Crippen molar-refractivity contribution in [2.24, 2.45) is 0 Å². The Kier molecular flexibility index (Phi) is 8.11. The molecule has 0 saturated carbocycles. The Labute approximate surface area is 210 Å². The second-order valence-corrected chi connectivity index (χ2v) is 9.80. The number of carbonyl (C=O) groups excluding carboxylic acids is 1. The first-order chi connectivity index (χ1) is 17.0. The standard InChI is InChI=1S/C30H30O4S/c1-3-21-14-16-24(17-15-21)28(31)29-26(25-11-4-5-13-27(25)35-29)12-7-9-22-8-6-10-23(18-22)19-34-20(2)30(32)33/h4-6,8,10-11,13-18,20H,3,7,9,12,19H2,1-2H3,(H,32,33)/t20-/m0/s1. The predicted molar refractivity (Wildman–Crippen MR) is 141 cm³/mol. The smallest absolute Gasteiger partial charge is 0.332 e. The molecule has 5 heteroatoms. The second kappa shape index (κ2) is 11.4. The molecule has 0 amide bonds. The van der Waals surface area contributed by atoms with Crippen LogP contribution in [0.3, 0.4) is 0 Å². The summed E-state index contributed by atoms with van der Waals surface area (Å²) in [6.45, 7) is 3.92. The average Bonchev–Trinajstić information content (AvgIpc) is 3.25. The molecule has 0 saturated heterocycles. The summed E-state index contributed by atoms with van der Waals surface area (Å²) < 4.78 is 6.56. The van der Waals surface area contributed by atoms with Gasteiger partial charge in [-0.05, 0) is 66.3 Å². The Balaban J connectivity index is 1.49. The van der Waals surface area contributed by atoms with Gasteiger partial charge in [0.25, 0.3) is 0 Å². The summed E-state index contributed by atoms with van der Waals surface area (Å²) >= 11 is 1.58. The summed E-state index contributed by atoms with van der Waals surface area (Å²) in [7, 11) is 0. The predicted octanol–water partition coefficient (Wildman–Crippen LogP) is 6.86. The summed E-state index contributed by atoms with van der Waals surface area (Å²) in [5.74, 6) is -0.869. The Bertz CT molecular complexity index is 1320. The number of rotatable bonds is 11. The second-order valence-electron chi connectivity index (χ2n) is 8.75. The van der Waals surface area contributed by atoms with E-state index in [2.05, 4.69) is 31.2 Å². The van der Waals surface area contributed by atoms with Crippen molar-refractivity contribution >= 4 is 33.2 Å². The molecule has 0 spiro atoms. The lowest BCUT2D eigenvalue weighted by Crippen LogP contribution is -2.19. The van der Waals surface area contributed by atoms with Crippen LogP contribution in [0.15, 0.2) is 72.8 Å². The van der Waals surface area contributed by atoms with Gasteiger partial charge in [0.1, 0.15) is 0 Å². The van der Waals surface area contributed by atoms with Gasteiger partial charge in [0, 0.05) is 10.3 Å². The molecule has 3 aromatic carbocycles. The number of aliphatic carboxylic acids is 1. The highest BCUT2D eigenvalue weighted by Crippen LogP contribution is 2.34. The quantitative estimate of drug-likeness (QED) is 0.235. The third kappa shape index (κ3) is 6.05. The lowest BCUT2D eigenvalue weighted by molar-refractivity contribution is -0.149. The van der Waals surface area contributed by atoms with Gasteiger partial charge in [-0.3, -0.25) is 4.79 Å². The minimum Gasteiger partial charge on any atom is -0.479 e. The molecule has 180 valence electrons. The monoisotopic (exact) mass is 486 g/mol. The first kappa shape index (κ1) is 24.8. The Morgan fingerprint density at radius 2 is 1.66 bits per heavy atom. The number of ketones is 1. The van der Waals surface area contributed by atoms with Crippen molar-refractivity contribution in [2.75, 3.05) is 0 Å². The van der Waals surface area contributed by atoms with Crippen molar-refractivity contribution in [1.82, 2.24) is 0 Å². The minimum absolute atomic E-state index is 0.0931. The Morgan fingerprint density at radius 3 is 2.40 bits per heavy atom. The molecule has 1 heterocycles. The van der Waals surface area contributed by atoms with Gasteiger partial charge in [0.05, 0.1) is 11.5 Å². The number of hydrogen-bond donors (Lipinski definition) is 1. The number of thiophene rings is 1. The largest absolute Gasteiger partial charge is 0.479 e. The summed E-state index contributed by atoms with van der Waals surface area (Å²) in [5, 5.41) is 10.2. The van der Waals surface area contributed by atoms with Crippen LogP contribution in [0.4, 0.5) is 0 Å². The molecule has 1 atom stereocenters. The Hall–Kier alpha value is -3.28. The van der Waals surface area contributed by atoms with E-state index < -0.39 is 12.1 Å². The molecule has 0 bridgehead atoms. The van der Waals surface area contributed by atoms with Crippen LogP contribution in [0.25, 0.3) is 10.1 Å². The maximum Gasteiger partial charge on any atom is 0.332 e.